The molecule has 3 N–H and O–H groups in total. The van der Waals surface area contributed by atoms with Crippen LogP contribution in [0.1, 0.15) is 18.5 Å². The number of nitrogens with one attached hydrogen (secondary N) is 2. The minimum atomic E-state index is -0.916. The second kappa shape index (κ2) is 5.48. The quantitative estimate of drug-likeness (QED) is 0.684. The normalized spacial score (nSPS) is 22.7. The summed E-state index contributed by atoms with van der Waals surface area (Å²) in [6.07, 6.45) is 6.17. The van der Waals surface area contributed by atoms with Gasteiger partial charge in [0.25, 0.3) is 0 Å². The van der Waals surface area contributed by atoms with Crippen molar-refractivity contribution in [3.8, 4) is 0 Å². The molecule has 0 fully saturated rings. The van der Waals surface area contributed by atoms with Gasteiger partial charge < -0.3 is 10.4 Å². The van der Waals surface area contributed by atoms with E-state index >= 15 is 0 Å². The van der Waals surface area contributed by atoms with Crippen molar-refractivity contribution in [2.24, 2.45) is 11.8 Å². The zero-order valence-corrected chi connectivity index (χ0v) is 9.80. The third-order valence-electron chi connectivity index (χ3n) is 3.10. The van der Waals surface area contributed by atoms with Crippen LogP contribution in [0, 0.1) is 11.8 Å². The predicted octanol–water partition coefficient (Wildman–Crippen LogP) is 0.693. The number of hydrogen-bond acceptors (Lipinski definition) is 3. The van der Waals surface area contributed by atoms with E-state index in [-0.39, 0.29) is 5.91 Å². The Kier molecular flexibility index (Phi) is 3.76. The van der Waals surface area contributed by atoms with Crippen molar-refractivity contribution in [3.05, 3.63) is 30.1 Å². The smallest absolute Gasteiger partial charge is 0.307 e. The van der Waals surface area contributed by atoms with Crippen LogP contribution in [-0.4, -0.2) is 27.2 Å². The molecule has 0 spiro atoms. The highest BCUT2D eigenvalue weighted by molar-refractivity contribution is 5.85. The number of carbonyl (C=O) groups excluding carboxylic acids is 1. The van der Waals surface area contributed by atoms with Crippen molar-refractivity contribution in [1.82, 2.24) is 15.5 Å². The molecule has 1 aromatic rings. The largest absolute Gasteiger partial charge is 0.481 e. The first-order valence-electron chi connectivity index (χ1n) is 5.82. The fourth-order valence-electron chi connectivity index (χ4n) is 2.07. The van der Waals surface area contributed by atoms with E-state index in [0.29, 0.717) is 19.4 Å². The van der Waals surface area contributed by atoms with Crippen molar-refractivity contribution in [3.63, 3.8) is 0 Å². The van der Waals surface area contributed by atoms with Gasteiger partial charge in [0, 0.05) is 6.20 Å². The summed E-state index contributed by atoms with van der Waals surface area (Å²) in [5.41, 5.74) is 0.793. The van der Waals surface area contributed by atoms with Crippen molar-refractivity contribution in [2.45, 2.75) is 19.4 Å². The number of allylic oxidation sites excluding steroid dienone is 2. The van der Waals surface area contributed by atoms with Gasteiger partial charge in [-0.25, -0.2) is 0 Å². The third-order valence-corrected chi connectivity index (χ3v) is 3.10. The van der Waals surface area contributed by atoms with E-state index < -0.39 is 17.8 Å². The first-order chi connectivity index (χ1) is 8.68. The summed E-state index contributed by atoms with van der Waals surface area (Å²) < 4.78 is 0. The van der Waals surface area contributed by atoms with Gasteiger partial charge in [0.2, 0.25) is 5.91 Å². The van der Waals surface area contributed by atoms with Crippen molar-refractivity contribution >= 4 is 11.9 Å². The average Bonchev–Trinajstić information content (AvgIpc) is 2.89. The first-order valence-corrected chi connectivity index (χ1v) is 5.82. The van der Waals surface area contributed by atoms with Crippen molar-refractivity contribution in [1.29, 1.82) is 0 Å². The zero-order chi connectivity index (χ0) is 13.0. The van der Waals surface area contributed by atoms with Crippen LogP contribution in [0.15, 0.2) is 24.4 Å². The Hall–Kier alpha value is -2.11. The Morgan fingerprint density at radius 1 is 1.39 bits per heavy atom. The van der Waals surface area contributed by atoms with Crippen LogP contribution in [0.2, 0.25) is 0 Å². The monoisotopic (exact) mass is 249 g/mol. The van der Waals surface area contributed by atoms with Crippen LogP contribution in [0.3, 0.4) is 0 Å². The summed E-state index contributed by atoms with van der Waals surface area (Å²) in [6, 6.07) is 1.76. The molecule has 96 valence electrons. The van der Waals surface area contributed by atoms with E-state index in [2.05, 4.69) is 15.5 Å². The second-order valence-corrected chi connectivity index (χ2v) is 4.29. The van der Waals surface area contributed by atoms with E-state index in [1.54, 1.807) is 12.3 Å². The number of nitrogens with zero attached hydrogens (tertiary/aromatic N) is 1. The lowest BCUT2D eigenvalue weighted by Gasteiger charge is -2.24. The van der Waals surface area contributed by atoms with Crippen LogP contribution in [0.4, 0.5) is 0 Å². The molecule has 0 radical (unpaired) electrons. The van der Waals surface area contributed by atoms with Crippen LogP contribution >= 0.6 is 0 Å². The van der Waals surface area contributed by atoms with Gasteiger partial charge in [-0.1, -0.05) is 12.2 Å². The number of aliphatic carboxylic acids is 1. The molecule has 2 atom stereocenters. The Balaban J connectivity index is 1.94. The number of carboxylic acid groups (broad SMARTS) is 1. The molecular weight excluding hydrogens is 234 g/mol. The number of amides is 1. The summed E-state index contributed by atoms with van der Waals surface area (Å²) in [4.78, 5) is 23.0. The molecule has 1 aromatic heterocycles. The van der Waals surface area contributed by atoms with Gasteiger partial charge in [0.1, 0.15) is 0 Å². The number of hydrogen-bond donors (Lipinski definition) is 3. The van der Waals surface area contributed by atoms with Gasteiger partial charge in [0.05, 0.1) is 24.1 Å². The molecule has 1 heterocycles. The van der Waals surface area contributed by atoms with Gasteiger partial charge in [-0.05, 0) is 18.9 Å². The Labute approximate surface area is 104 Å². The Morgan fingerprint density at radius 2 is 2.11 bits per heavy atom. The van der Waals surface area contributed by atoms with Crippen molar-refractivity contribution < 1.29 is 14.7 Å². The highest BCUT2D eigenvalue weighted by Crippen LogP contribution is 2.26. The van der Waals surface area contributed by atoms with E-state index in [9.17, 15) is 9.59 Å². The maximum atomic E-state index is 12.0. The van der Waals surface area contributed by atoms with E-state index in [4.69, 9.17) is 5.11 Å². The van der Waals surface area contributed by atoms with Gasteiger partial charge >= 0.3 is 5.97 Å². The maximum Gasteiger partial charge on any atom is 0.307 e. The van der Waals surface area contributed by atoms with Gasteiger partial charge in [-0.15, -0.1) is 0 Å². The summed E-state index contributed by atoms with van der Waals surface area (Å²) in [6.45, 7) is 0.339. The minimum Gasteiger partial charge on any atom is -0.481 e. The third kappa shape index (κ3) is 2.77. The molecule has 0 saturated heterocycles. The molecule has 0 aliphatic heterocycles. The highest BCUT2D eigenvalue weighted by Gasteiger charge is 2.33. The molecule has 18 heavy (non-hydrogen) atoms. The fraction of sp³-hybridized carbons (Fsp3) is 0.417. The molecule has 6 heteroatoms. The molecule has 6 nitrogen and oxygen atoms in total. The second-order valence-electron chi connectivity index (χ2n) is 4.29. The lowest BCUT2D eigenvalue weighted by molar-refractivity contribution is -0.147. The molecule has 0 bridgehead atoms. The van der Waals surface area contributed by atoms with E-state index in [1.807, 2.05) is 12.2 Å². The lowest BCUT2D eigenvalue weighted by atomic mass is 9.82. The summed E-state index contributed by atoms with van der Waals surface area (Å²) >= 11 is 0. The zero-order valence-electron chi connectivity index (χ0n) is 9.80. The highest BCUT2D eigenvalue weighted by atomic mass is 16.4. The molecule has 0 saturated carbocycles. The Morgan fingerprint density at radius 3 is 2.72 bits per heavy atom. The number of carbonyl (C=O) groups is 2. The summed E-state index contributed by atoms with van der Waals surface area (Å²) in [5, 5.41) is 18.3. The molecule has 1 amide bonds. The van der Waals surface area contributed by atoms with Gasteiger partial charge in [0.15, 0.2) is 0 Å². The fourth-order valence-corrected chi connectivity index (χ4v) is 2.07. The summed E-state index contributed by atoms with van der Waals surface area (Å²) in [5.74, 6) is -2.26. The average molecular weight is 249 g/mol. The summed E-state index contributed by atoms with van der Waals surface area (Å²) in [7, 11) is 0. The Bertz CT molecular complexity index is 453. The number of H-pyrrole nitrogens is 1. The molecular formula is C12H15N3O3. The SMILES string of the molecule is O=C(O)[C@@H]1CC=CC[C@H]1C(=O)NCc1ccn[nH]1. The van der Waals surface area contributed by atoms with Crippen LogP contribution in [0.25, 0.3) is 0 Å². The minimum absolute atomic E-state index is 0.221. The topological polar surface area (TPSA) is 95.1 Å². The number of aromatic nitrogens is 2. The van der Waals surface area contributed by atoms with E-state index in [0.717, 1.165) is 5.69 Å². The molecule has 0 aromatic carbocycles. The first kappa shape index (κ1) is 12.3. The van der Waals surface area contributed by atoms with Gasteiger partial charge in [-0.2, -0.15) is 5.10 Å². The van der Waals surface area contributed by atoms with E-state index in [1.165, 1.54) is 0 Å². The van der Waals surface area contributed by atoms with Crippen molar-refractivity contribution in [2.75, 3.05) is 0 Å². The lowest BCUT2D eigenvalue weighted by Crippen LogP contribution is -2.38. The van der Waals surface area contributed by atoms with Crippen LogP contribution < -0.4 is 5.32 Å². The van der Waals surface area contributed by atoms with Gasteiger partial charge in [-0.3, -0.25) is 14.7 Å². The number of carboxylic acids is 1. The van der Waals surface area contributed by atoms with Crippen LogP contribution in [0.5, 0.6) is 0 Å². The number of aromatic amines is 1. The standard InChI is InChI=1S/C12H15N3O3/c16-11(13-7-8-5-6-14-15-8)9-3-1-2-4-10(9)12(17)18/h1-2,5-6,9-10H,3-4,7H2,(H,13,16)(H,14,15)(H,17,18)/t9-,10-/m1/s1. The molecule has 1 aliphatic carbocycles. The molecule has 1 aliphatic rings. The van der Waals surface area contributed by atoms with Crippen LogP contribution in [-0.2, 0) is 16.1 Å². The predicted molar refractivity (Wildman–Crippen MR) is 63.4 cm³/mol. The molecule has 0 unspecified atom stereocenters. The maximum absolute atomic E-state index is 12.0. The molecule has 2 rings (SSSR count). The number of rotatable bonds is 4.